The number of benzene rings is 2. The number of aromatic carboxylic acids is 1. The lowest BCUT2D eigenvalue weighted by Crippen LogP contribution is -2.54. The molecule has 9 rings (SSSR count). The zero-order chi connectivity index (χ0) is 42.7. The summed E-state index contributed by atoms with van der Waals surface area (Å²) in [5, 5.41) is 36.3. The zero-order valence-corrected chi connectivity index (χ0v) is 33.7. The molecule has 0 radical (unpaired) electrons. The molecule has 61 heavy (non-hydrogen) atoms. The van der Waals surface area contributed by atoms with Crippen molar-refractivity contribution >= 4 is 62.7 Å². The van der Waals surface area contributed by atoms with E-state index in [1.54, 1.807) is 27.8 Å². The van der Waals surface area contributed by atoms with Gasteiger partial charge in [0.15, 0.2) is 11.4 Å². The highest BCUT2D eigenvalue weighted by atomic mass is 19.1. The van der Waals surface area contributed by atoms with Gasteiger partial charge in [0, 0.05) is 120 Å². The summed E-state index contributed by atoms with van der Waals surface area (Å²) in [4.78, 5) is 52.8. The molecular formula is C42H49F2N13O4. The predicted octanol–water partition coefficient (Wildman–Crippen LogP) is 3.12. The van der Waals surface area contributed by atoms with Crippen molar-refractivity contribution in [3.05, 3.63) is 80.4 Å². The van der Waals surface area contributed by atoms with Crippen molar-refractivity contribution in [2.45, 2.75) is 44.2 Å². The minimum Gasteiger partial charge on any atom is -0.477 e. The van der Waals surface area contributed by atoms with Gasteiger partial charge >= 0.3 is 5.97 Å². The van der Waals surface area contributed by atoms with Gasteiger partial charge in [0.05, 0.1) is 28.8 Å². The highest BCUT2D eigenvalue weighted by Gasteiger charge is 2.31. The Kier molecular flexibility index (Phi) is 10.3. The van der Waals surface area contributed by atoms with Gasteiger partial charge in [-0.2, -0.15) is 4.99 Å². The first kappa shape index (κ1) is 39.9. The van der Waals surface area contributed by atoms with E-state index in [1.807, 2.05) is 24.5 Å². The smallest absolute Gasteiger partial charge is 0.341 e. The summed E-state index contributed by atoms with van der Waals surface area (Å²) >= 11 is 0. The molecule has 17 nitrogen and oxygen atoms in total. The summed E-state index contributed by atoms with van der Waals surface area (Å²) in [6, 6.07) is 7.82. The number of hydrogen-bond donors (Lipinski definition) is 5. The molecule has 3 saturated heterocycles. The van der Waals surface area contributed by atoms with Crippen molar-refractivity contribution in [2.24, 2.45) is 10.7 Å². The molecule has 2 aromatic heterocycles. The molecule has 19 heteroatoms. The summed E-state index contributed by atoms with van der Waals surface area (Å²) in [7, 11) is 0. The number of fused-ring (bicyclic) bond motifs is 2. The minimum absolute atomic E-state index is 0.00882. The van der Waals surface area contributed by atoms with Gasteiger partial charge in [-0.25, -0.2) is 13.6 Å². The number of anilines is 2. The van der Waals surface area contributed by atoms with Crippen molar-refractivity contribution < 1.29 is 18.7 Å². The van der Waals surface area contributed by atoms with Gasteiger partial charge in [-0.05, 0) is 49.9 Å². The van der Waals surface area contributed by atoms with E-state index >= 15 is 8.78 Å². The van der Waals surface area contributed by atoms with Gasteiger partial charge in [0.1, 0.15) is 28.9 Å². The predicted molar refractivity (Wildman–Crippen MR) is 230 cm³/mol. The fourth-order valence-electron chi connectivity index (χ4n) is 8.82. The van der Waals surface area contributed by atoms with Crippen LogP contribution in [0.25, 0.3) is 21.8 Å². The Morgan fingerprint density at radius 2 is 1.16 bits per heavy atom. The van der Waals surface area contributed by atoms with Crippen LogP contribution >= 0.6 is 0 Å². The molecule has 0 amide bonds. The first-order chi connectivity index (χ1) is 29.3. The molecule has 0 bridgehead atoms. The number of carboxylic acids is 1. The Hall–Kier alpha value is -6.53. The van der Waals surface area contributed by atoms with Crippen LogP contribution in [0.2, 0.25) is 0 Å². The quantitative estimate of drug-likeness (QED) is 0.135. The van der Waals surface area contributed by atoms with Crippen molar-refractivity contribution in [2.75, 3.05) is 88.3 Å². The number of carboxylic acid groups (broad SMARTS) is 1. The van der Waals surface area contributed by atoms with Gasteiger partial charge in [0.25, 0.3) is 0 Å². The van der Waals surface area contributed by atoms with Gasteiger partial charge in [0.2, 0.25) is 11.4 Å². The number of amidine groups is 2. The Balaban J connectivity index is 0.747. The number of halogens is 2. The van der Waals surface area contributed by atoms with Crippen LogP contribution in [0, 0.1) is 27.9 Å². The van der Waals surface area contributed by atoms with E-state index in [0.717, 1.165) is 37.3 Å². The second kappa shape index (κ2) is 15.8. The first-order valence-electron chi connectivity index (χ1n) is 20.9. The van der Waals surface area contributed by atoms with E-state index < -0.39 is 23.0 Å². The number of aliphatic imine (C=N–C) groups is 1. The number of hydrogen-bond acceptors (Lipinski definition) is 8. The van der Waals surface area contributed by atoms with Crippen molar-refractivity contribution in [3.8, 4) is 0 Å². The summed E-state index contributed by atoms with van der Waals surface area (Å²) < 4.78 is 34.7. The number of nitrogens with two attached hydrogens (primary N) is 1. The Morgan fingerprint density at radius 3 is 1.70 bits per heavy atom. The second-order valence-electron chi connectivity index (χ2n) is 16.6. The summed E-state index contributed by atoms with van der Waals surface area (Å²) in [5.74, 6) is -1.53. The maximum atomic E-state index is 15.5. The highest BCUT2D eigenvalue weighted by molar-refractivity contribution is 6.00. The van der Waals surface area contributed by atoms with Crippen molar-refractivity contribution in [1.29, 1.82) is 16.2 Å². The largest absolute Gasteiger partial charge is 0.477 e. The Bertz CT molecular complexity index is 2610. The summed E-state index contributed by atoms with van der Waals surface area (Å²) in [5.41, 5.74) is 7.14. The third-order valence-corrected chi connectivity index (χ3v) is 12.7. The first-order valence-corrected chi connectivity index (χ1v) is 20.9. The van der Waals surface area contributed by atoms with Crippen molar-refractivity contribution in [3.63, 3.8) is 0 Å². The number of aromatic nitrogens is 2. The fourth-order valence-corrected chi connectivity index (χ4v) is 8.82. The standard InChI is InChI=1S/C42H49F2N13O4/c43-30-19-27-32(56(25-1-2-25)6-5-36(27)58)21-34(30)50-7-11-52(12-8-50)37(45)23-38(46)53-13-17-55(18-14-53)42(48)49-41(47)54-15-9-51(10-16-54)35-22-33-28(20-31(35)44)39(59)29(40(60)61)24-57(33)26-3-4-26/h5-6,19-22,24-26,45-46H,1-4,7-18,23H2,(H,60,61)(H3,47,48,49). The molecule has 2 saturated carbocycles. The zero-order valence-electron chi connectivity index (χ0n) is 33.7. The number of pyridine rings is 2. The molecule has 0 unspecified atom stereocenters. The number of guanidine groups is 2. The number of nitrogens with one attached hydrogen (secondary N) is 3. The van der Waals surface area contributed by atoms with Gasteiger partial charge in [-0.3, -0.25) is 25.8 Å². The number of nitrogens with zero attached hydrogens (tertiary/aromatic N) is 9. The SMILES string of the molecule is N=C(CC(=N)N1CCN(c2cc3c(cc2F)c(=O)ccn3C2CC2)CC1)N1CCN(C(N)=NC(=N)N2CCN(c3cc4c(cc3F)c(=O)c(C(=O)O)cn4C3CC3)CC2)CC1. The van der Waals surface area contributed by atoms with Gasteiger partial charge < -0.3 is 49.4 Å². The van der Waals surface area contributed by atoms with E-state index in [-0.39, 0.29) is 40.8 Å². The number of carbonyl (C=O) groups is 1. The average molecular weight is 838 g/mol. The third kappa shape index (κ3) is 7.83. The molecule has 320 valence electrons. The molecule has 4 aromatic rings. The second-order valence-corrected chi connectivity index (χ2v) is 16.6. The monoisotopic (exact) mass is 837 g/mol. The van der Waals surface area contributed by atoms with Crippen LogP contribution < -0.4 is 26.4 Å². The lowest BCUT2D eigenvalue weighted by atomic mass is 10.1. The van der Waals surface area contributed by atoms with Crippen LogP contribution in [0.15, 0.2) is 57.3 Å². The highest BCUT2D eigenvalue weighted by Crippen LogP contribution is 2.39. The molecule has 0 atom stereocenters. The lowest BCUT2D eigenvalue weighted by Gasteiger charge is -2.39. The van der Waals surface area contributed by atoms with Gasteiger partial charge in [-0.1, -0.05) is 0 Å². The Morgan fingerprint density at radius 1 is 0.689 bits per heavy atom. The molecule has 3 aliphatic heterocycles. The molecule has 2 aromatic carbocycles. The topological polar surface area (TPSA) is 211 Å². The molecule has 6 N–H and O–H groups in total. The van der Waals surface area contributed by atoms with Crippen LogP contribution in [0.3, 0.4) is 0 Å². The van der Waals surface area contributed by atoms with Crippen molar-refractivity contribution in [1.82, 2.24) is 28.7 Å². The molecular weight excluding hydrogens is 789 g/mol. The normalized spacial score (nSPS) is 19.0. The van der Waals surface area contributed by atoms with Crippen LogP contribution in [0.1, 0.15) is 54.5 Å². The third-order valence-electron chi connectivity index (χ3n) is 12.7. The maximum Gasteiger partial charge on any atom is 0.341 e. The van der Waals surface area contributed by atoms with E-state index in [1.165, 1.54) is 18.3 Å². The van der Waals surface area contributed by atoms with E-state index in [2.05, 4.69) is 9.56 Å². The summed E-state index contributed by atoms with van der Waals surface area (Å²) in [6.45, 7) is 5.55. The van der Waals surface area contributed by atoms with Crippen LogP contribution in [-0.4, -0.2) is 142 Å². The van der Waals surface area contributed by atoms with E-state index in [0.29, 0.717) is 119 Å². The number of piperazine rings is 3. The maximum absolute atomic E-state index is 15.5. The summed E-state index contributed by atoms with van der Waals surface area (Å²) in [6.07, 6.45) is 7.12. The fraction of sp³-hybridized carbons (Fsp3) is 0.452. The molecule has 0 spiro atoms. The Labute approximate surface area is 349 Å². The van der Waals surface area contributed by atoms with Crippen LogP contribution in [0.4, 0.5) is 20.2 Å². The molecule has 5 heterocycles. The molecule has 5 aliphatic rings. The van der Waals surface area contributed by atoms with Gasteiger partial charge in [-0.15, -0.1) is 0 Å². The van der Waals surface area contributed by atoms with E-state index in [4.69, 9.17) is 22.0 Å². The van der Waals surface area contributed by atoms with Crippen LogP contribution in [-0.2, 0) is 0 Å². The van der Waals surface area contributed by atoms with Crippen LogP contribution in [0.5, 0.6) is 0 Å². The molecule has 2 aliphatic carbocycles. The average Bonchev–Trinajstić information content (AvgIpc) is 4.20. The minimum atomic E-state index is -1.34. The number of rotatable bonds is 7. The lowest BCUT2D eigenvalue weighted by molar-refractivity contribution is 0.0694. The molecule has 5 fully saturated rings. The van der Waals surface area contributed by atoms with E-state index in [9.17, 15) is 19.5 Å².